The molecular formula is C31H39N3O4S. The summed E-state index contributed by atoms with van der Waals surface area (Å²) in [7, 11) is -4.08. The Kier molecular flexibility index (Phi) is 9.92. The van der Waals surface area contributed by atoms with Crippen molar-refractivity contribution in [2.45, 2.75) is 71.5 Å². The molecule has 0 aliphatic carbocycles. The Labute approximate surface area is 232 Å². The fraction of sp³-hybridized carbons (Fsp3) is 0.355. The third-order valence-corrected chi connectivity index (χ3v) is 8.78. The van der Waals surface area contributed by atoms with E-state index < -0.39 is 28.5 Å². The maximum atomic E-state index is 14.0. The molecule has 2 atom stereocenters. The third kappa shape index (κ3) is 7.26. The van der Waals surface area contributed by atoms with Gasteiger partial charge in [0, 0.05) is 12.6 Å². The number of rotatable bonds is 11. The molecule has 0 fully saturated rings. The molecule has 3 rings (SSSR count). The van der Waals surface area contributed by atoms with Gasteiger partial charge in [0.1, 0.15) is 12.6 Å². The van der Waals surface area contributed by atoms with Gasteiger partial charge >= 0.3 is 0 Å². The van der Waals surface area contributed by atoms with Crippen molar-refractivity contribution in [3.8, 4) is 0 Å². The van der Waals surface area contributed by atoms with Gasteiger partial charge in [-0.05, 0) is 75.9 Å². The summed E-state index contributed by atoms with van der Waals surface area (Å²) >= 11 is 0. The Hall–Kier alpha value is -3.65. The minimum atomic E-state index is -4.08. The van der Waals surface area contributed by atoms with E-state index in [1.807, 2.05) is 71.0 Å². The number of benzene rings is 3. The minimum Gasteiger partial charge on any atom is -0.352 e. The van der Waals surface area contributed by atoms with Crippen molar-refractivity contribution >= 4 is 27.5 Å². The van der Waals surface area contributed by atoms with Crippen molar-refractivity contribution in [2.75, 3.05) is 10.8 Å². The maximum absolute atomic E-state index is 14.0. The van der Waals surface area contributed by atoms with Crippen LogP contribution in [0.15, 0.2) is 77.7 Å². The van der Waals surface area contributed by atoms with Crippen LogP contribution in [0.4, 0.5) is 5.69 Å². The van der Waals surface area contributed by atoms with Gasteiger partial charge in [-0.25, -0.2) is 8.42 Å². The molecule has 0 aliphatic rings. The van der Waals surface area contributed by atoms with Crippen molar-refractivity contribution in [3.05, 3.63) is 95.1 Å². The molecule has 3 aromatic rings. The second kappa shape index (κ2) is 12.9. The van der Waals surface area contributed by atoms with Crippen LogP contribution in [0, 0.1) is 20.8 Å². The average molecular weight is 550 g/mol. The number of nitrogens with zero attached hydrogens (tertiary/aromatic N) is 2. The molecule has 0 bridgehead atoms. The van der Waals surface area contributed by atoms with E-state index in [9.17, 15) is 18.0 Å². The molecule has 2 amide bonds. The van der Waals surface area contributed by atoms with E-state index in [0.29, 0.717) is 5.69 Å². The van der Waals surface area contributed by atoms with Crippen LogP contribution in [0.1, 0.15) is 49.4 Å². The number of sulfonamides is 1. The zero-order valence-corrected chi connectivity index (χ0v) is 24.5. The zero-order chi connectivity index (χ0) is 28.7. The van der Waals surface area contributed by atoms with Crippen LogP contribution in [0.2, 0.25) is 0 Å². The van der Waals surface area contributed by atoms with Crippen molar-refractivity contribution < 1.29 is 18.0 Å². The summed E-state index contributed by atoms with van der Waals surface area (Å²) in [6.07, 6.45) is 0.750. The second-order valence-corrected chi connectivity index (χ2v) is 11.9. The number of anilines is 1. The first kappa shape index (κ1) is 29.9. The first-order valence-corrected chi connectivity index (χ1v) is 14.7. The molecule has 0 radical (unpaired) electrons. The number of nitrogens with one attached hydrogen (secondary N) is 1. The number of amides is 2. The molecule has 8 heteroatoms. The summed E-state index contributed by atoms with van der Waals surface area (Å²) in [6.45, 7) is 11.0. The normalized spacial score (nSPS) is 12.9. The van der Waals surface area contributed by atoms with Crippen molar-refractivity contribution in [2.24, 2.45) is 0 Å². The molecule has 3 aromatic carbocycles. The minimum absolute atomic E-state index is 0.0551. The number of aryl methyl sites for hydroxylation is 3. The van der Waals surface area contributed by atoms with Crippen LogP contribution in [0.25, 0.3) is 0 Å². The zero-order valence-electron chi connectivity index (χ0n) is 23.6. The van der Waals surface area contributed by atoms with Crippen LogP contribution in [0.5, 0.6) is 0 Å². The van der Waals surface area contributed by atoms with E-state index in [-0.39, 0.29) is 23.4 Å². The van der Waals surface area contributed by atoms with Gasteiger partial charge in [0.25, 0.3) is 10.0 Å². The molecule has 0 unspecified atom stereocenters. The van der Waals surface area contributed by atoms with Crippen LogP contribution in [-0.2, 0) is 26.2 Å². The van der Waals surface area contributed by atoms with Crippen molar-refractivity contribution in [1.29, 1.82) is 0 Å². The predicted molar refractivity (Wildman–Crippen MR) is 156 cm³/mol. The highest BCUT2D eigenvalue weighted by Gasteiger charge is 2.33. The van der Waals surface area contributed by atoms with Gasteiger partial charge in [-0.2, -0.15) is 0 Å². The maximum Gasteiger partial charge on any atom is 0.264 e. The van der Waals surface area contributed by atoms with Gasteiger partial charge in [-0.3, -0.25) is 13.9 Å². The lowest BCUT2D eigenvalue weighted by Gasteiger charge is -2.33. The van der Waals surface area contributed by atoms with E-state index in [2.05, 4.69) is 5.32 Å². The summed E-state index contributed by atoms with van der Waals surface area (Å²) in [5.74, 6) is -0.750. The largest absolute Gasteiger partial charge is 0.352 e. The molecule has 1 N–H and O–H groups in total. The van der Waals surface area contributed by atoms with Gasteiger partial charge in [0.05, 0.1) is 10.6 Å². The first-order valence-electron chi connectivity index (χ1n) is 13.2. The highest BCUT2D eigenvalue weighted by molar-refractivity contribution is 7.92. The molecule has 39 heavy (non-hydrogen) atoms. The lowest BCUT2D eigenvalue weighted by Crippen LogP contribution is -2.52. The third-order valence-electron chi connectivity index (χ3n) is 7.00. The smallest absolute Gasteiger partial charge is 0.264 e. The lowest BCUT2D eigenvalue weighted by atomic mass is 10.1. The van der Waals surface area contributed by atoms with E-state index >= 15 is 0 Å². The number of hydrogen-bond donors (Lipinski definition) is 1. The van der Waals surface area contributed by atoms with Gasteiger partial charge in [0.2, 0.25) is 11.8 Å². The standard InChI is InChI=1S/C31H39N3O4S/c1-7-25(5)32-31(36)26(6)33(20-27-14-12-11-13-23(27)3)30(35)21-34(29-18-17-22(2)19-24(29)4)39(37,38)28-15-9-8-10-16-28/h8-19,25-26H,7,20-21H2,1-6H3,(H,32,36)/t25-,26+/m1/s1. The Morgan fingerprint density at radius 1 is 0.872 bits per heavy atom. The number of hydrogen-bond acceptors (Lipinski definition) is 4. The van der Waals surface area contributed by atoms with Crippen LogP contribution < -0.4 is 9.62 Å². The Morgan fingerprint density at radius 2 is 1.51 bits per heavy atom. The molecule has 0 aliphatic heterocycles. The summed E-state index contributed by atoms with van der Waals surface area (Å²) in [4.78, 5) is 28.8. The first-order chi connectivity index (χ1) is 18.4. The molecule has 7 nitrogen and oxygen atoms in total. The van der Waals surface area contributed by atoms with E-state index in [0.717, 1.165) is 33.0 Å². The highest BCUT2D eigenvalue weighted by atomic mass is 32.2. The van der Waals surface area contributed by atoms with E-state index in [1.165, 1.54) is 17.0 Å². The summed E-state index contributed by atoms with van der Waals surface area (Å²) in [5.41, 5.74) is 4.00. The van der Waals surface area contributed by atoms with Crippen LogP contribution >= 0.6 is 0 Å². The summed E-state index contributed by atoms with van der Waals surface area (Å²) in [6, 6.07) is 20.3. The second-order valence-electron chi connectivity index (χ2n) is 10.1. The Balaban J connectivity index is 2.06. The molecule has 0 saturated heterocycles. The van der Waals surface area contributed by atoms with E-state index in [1.54, 1.807) is 31.2 Å². The molecule has 0 saturated carbocycles. The fourth-order valence-electron chi connectivity index (χ4n) is 4.34. The fourth-order valence-corrected chi connectivity index (χ4v) is 5.84. The van der Waals surface area contributed by atoms with Gasteiger partial charge in [-0.15, -0.1) is 0 Å². The van der Waals surface area contributed by atoms with E-state index in [4.69, 9.17) is 0 Å². The molecule has 208 valence electrons. The number of carbonyl (C=O) groups is 2. The van der Waals surface area contributed by atoms with Gasteiger partial charge in [0.15, 0.2) is 0 Å². The SMILES string of the molecule is CC[C@@H](C)NC(=O)[C@H](C)N(Cc1ccccc1C)C(=O)CN(c1ccc(C)cc1C)S(=O)(=O)c1ccccc1. The summed E-state index contributed by atoms with van der Waals surface area (Å²) in [5, 5.41) is 2.96. The molecular weight excluding hydrogens is 510 g/mol. The lowest BCUT2D eigenvalue weighted by molar-refractivity contribution is -0.139. The van der Waals surface area contributed by atoms with Crippen LogP contribution in [-0.4, -0.2) is 43.8 Å². The Bertz CT molecular complexity index is 1410. The van der Waals surface area contributed by atoms with Crippen LogP contribution in [0.3, 0.4) is 0 Å². The van der Waals surface area contributed by atoms with Crippen molar-refractivity contribution in [1.82, 2.24) is 10.2 Å². The molecule has 0 aromatic heterocycles. The highest BCUT2D eigenvalue weighted by Crippen LogP contribution is 2.28. The molecule has 0 heterocycles. The summed E-state index contributed by atoms with van der Waals surface area (Å²) < 4.78 is 29.0. The monoisotopic (exact) mass is 549 g/mol. The Morgan fingerprint density at radius 3 is 2.13 bits per heavy atom. The predicted octanol–water partition coefficient (Wildman–Crippen LogP) is 5.14. The average Bonchev–Trinajstić information content (AvgIpc) is 2.91. The quantitative estimate of drug-likeness (QED) is 0.359. The number of carbonyl (C=O) groups excluding carboxylic acids is 2. The topological polar surface area (TPSA) is 86.8 Å². The van der Waals surface area contributed by atoms with Gasteiger partial charge in [-0.1, -0.05) is 67.1 Å². The van der Waals surface area contributed by atoms with Crippen molar-refractivity contribution in [3.63, 3.8) is 0 Å². The van der Waals surface area contributed by atoms with Gasteiger partial charge < -0.3 is 10.2 Å². The molecule has 0 spiro atoms.